The quantitative estimate of drug-likeness (QED) is 0.894. The standard InChI is InChI=1S/C16H16F3NO/c1-10(7-11-3-5-13(21-2)6-4-11)20-16-14(18)8-12(17)9-15(16)19/h3-6,8-10,20H,7H2,1-2H3. The molecule has 0 spiro atoms. The number of halogens is 3. The highest BCUT2D eigenvalue weighted by atomic mass is 19.1. The molecule has 0 bridgehead atoms. The minimum absolute atomic E-state index is 0.215. The summed E-state index contributed by atoms with van der Waals surface area (Å²) < 4.78 is 45.0. The predicted octanol–water partition coefficient (Wildman–Crippen LogP) is 4.16. The van der Waals surface area contributed by atoms with Gasteiger partial charge < -0.3 is 10.1 Å². The van der Waals surface area contributed by atoms with Crippen molar-refractivity contribution in [3.63, 3.8) is 0 Å². The highest BCUT2D eigenvalue weighted by Gasteiger charge is 2.14. The fraction of sp³-hybridized carbons (Fsp3) is 0.250. The summed E-state index contributed by atoms with van der Waals surface area (Å²) in [6, 6.07) is 8.51. The third-order valence-electron chi connectivity index (χ3n) is 3.10. The predicted molar refractivity (Wildman–Crippen MR) is 76.1 cm³/mol. The van der Waals surface area contributed by atoms with Crippen LogP contribution in [0, 0.1) is 17.5 Å². The zero-order valence-electron chi connectivity index (χ0n) is 11.8. The molecule has 5 heteroatoms. The lowest BCUT2D eigenvalue weighted by Crippen LogP contribution is -2.20. The van der Waals surface area contributed by atoms with Crippen LogP contribution in [0.25, 0.3) is 0 Å². The molecular weight excluding hydrogens is 279 g/mol. The molecule has 1 atom stereocenters. The van der Waals surface area contributed by atoms with Gasteiger partial charge in [0.25, 0.3) is 0 Å². The van der Waals surface area contributed by atoms with Crippen LogP contribution in [0.15, 0.2) is 36.4 Å². The second-order valence-corrected chi connectivity index (χ2v) is 4.84. The van der Waals surface area contributed by atoms with E-state index in [-0.39, 0.29) is 11.7 Å². The molecule has 0 radical (unpaired) electrons. The van der Waals surface area contributed by atoms with Crippen LogP contribution in [0.1, 0.15) is 12.5 Å². The van der Waals surface area contributed by atoms with E-state index in [1.54, 1.807) is 14.0 Å². The molecule has 0 aliphatic heterocycles. The summed E-state index contributed by atoms with van der Waals surface area (Å²) in [6.45, 7) is 1.80. The number of rotatable bonds is 5. The molecule has 112 valence electrons. The molecule has 0 amide bonds. The summed E-state index contributed by atoms with van der Waals surface area (Å²) >= 11 is 0. The second kappa shape index (κ2) is 6.52. The van der Waals surface area contributed by atoms with E-state index in [0.29, 0.717) is 18.6 Å². The van der Waals surface area contributed by atoms with Crippen LogP contribution in [-0.2, 0) is 6.42 Å². The third-order valence-corrected chi connectivity index (χ3v) is 3.10. The molecule has 0 saturated heterocycles. The van der Waals surface area contributed by atoms with Gasteiger partial charge in [0.15, 0.2) is 11.6 Å². The first-order valence-electron chi connectivity index (χ1n) is 6.53. The second-order valence-electron chi connectivity index (χ2n) is 4.84. The number of ether oxygens (including phenoxy) is 1. The Morgan fingerprint density at radius 2 is 1.62 bits per heavy atom. The Hall–Kier alpha value is -2.17. The Kier molecular flexibility index (Phi) is 4.73. The van der Waals surface area contributed by atoms with E-state index in [4.69, 9.17) is 4.74 Å². The third kappa shape index (κ3) is 3.90. The lowest BCUT2D eigenvalue weighted by Gasteiger charge is -2.16. The summed E-state index contributed by atoms with van der Waals surface area (Å²) in [5.74, 6) is -2.06. The van der Waals surface area contributed by atoms with E-state index in [0.717, 1.165) is 11.3 Å². The number of nitrogens with one attached hydrogen (secondary N) is 1. The number of benzene rings is 2. The Morgan fingerprint density at radius 3 is 2.14 bits per heavy atom. The molecule has 2 aromatic carbocycles. The zero-order valence-corrected chi connectivity index (χ0v) is 11.8. The molecule has 0 heterocycles. The maximum absolute atomic E-state index is 13.6. The van der Waals surface area contributed by atoms with Crippen LogP contribution in [0.5, 0.6) is 5.75 Å². The molecule has 0 aliphatic carbocycles. The van der Waals surface area contributed by atoms with E-state index >= 15 is 0 Å². The maximum Gasteiger partial charge on any atom is 0.152 e. The van der Waals surface area contributed by atoms with Gasteiger partial charge in [0.1, 0.15) is 17.3 Å². The molecule has 0 aliphatic rings. The van der Waals surface area contributed by atoms with E-state index < -0.39 is 17.5 Å². The molecule has 0 saturated carbocycles. The van der Waals surface area contributed by atoms with Crippen molar-refractivity contribution in [1.29, 1.82) is 0 Å². The van der Waals surface area contributed by atoms with Gasteiger partial charge in [-0.15, -0.1) is 0 Å². The topological polar surface area (TPSA) is 21.3 Å². The first-order valence-corrected chi connectivity index (χ1v) is 6.53. The van der Waals surface area contributed by atoms with E-state index in [1.807, 2.05) is 24.3 Å². The van der Waals surface area contributed by atoms with Crippen LogP contribution in [-0.4, -0.2) is 13.2 Å². The minimum Gasteiger partial charge on any atom is -0.497 e. The van der Waals surface area contributed by atoms with Crippen molar-refractivity contribution in [2.24, 2.45) is 0 Å². The van der Waals surface area contributed by atoms with Crippen LogP contribution < -0.4 is 10.1 Å². The van der Waals surface area contributed by atoms with Gasteiger partial charge in [0, 0.05) is 18.2 Å². The molecule has 2 nitrogen and oxygen atoms in total. The molecule has 0 aromatic heterocycles. The van der Waals surface area contributed by atoms with Crippen molar-refractivity contribution in [3.05, 3.63) is 59.4 Å². The first-order chi connectivity index (χ1) is 9.99. The van der Waals surface area contributed by atoms with Gasteiger partial charge in [-0.3, -0.25) is 0 Å². The highest BCUT2D eigenvalue weighted by molar-refractivity contribution is 5.47. The first kappa shape index (κ1) is 15.2. The average molecular weight is 295 g/mol. The summed E-state index contributed by atoms with van der Waals surface area (Å²) in [5, 5.41) is 2.73. The zero-order chi connectivity index (χ0) is 15.4. The number of hydrogen-bond acceptors (Lipinski definition) is 2. The van der Waals surface area contributed by atoms with Gasteiger partial charge in [-0.25, -0.2) is 13.2 Å². The summed E-state index contributed by atoms with van der Waals surface area (Å²) in [6.07, 6.45) is 0.570. The molecular formula is C16H16F3NO. The number of hydrogen-bond donors (Lipinski definition) is 1. The summed E-state index contributed by atoms with van der Waals surface area (Å²) in [5.41, 5.74) is 0.691. The van der Waals surface area contributed by atoms with Crippen LogP contribution in [0.3, 0.4) is 0 Å². The molecule has 21 heavy (non-hydrogen) atoms. The normalized spacial score (nSPS) is 12.0. The molecule has 1 N–H and O–H groups in total. The van der Waals surface area contributed by atoms with E-state index in [9.17, 15) is 13.2 Å². The Labute approximate surface area is 121 Å². The van der Waals surface area contributed by atoms with Gasteiger partial charge in [0.05, 0.1) is 7.11 Å². The monoisotopic (exact) mass is 295 g/mol. The summed E-state index contributed by atoms with van der Waals surface area (Å²) in [7, 11) is 1.58. The molecule has 1 unspecified atom stereocenters. The summed E-state index contributed by atoms with van der Waals surface area (Å²) in [4.78, 5) is 0. The van der Waals surface area contributed by atoms with Gasteiger partial charge in [-0.1, -0.05) is 12.1 Å². The van der Waals surface area contributed by atoms with Crippen LogP contribution >= 0.6 is 0 Å². The minimum atomic E-state index is -0.936. The highest BCUT2D eigenvalue weighted by Crippen LogP contribution is 2.22. The van der Waals surface area contributed by atoms with Crippen molar-refractivity contribution >= 4 is 5.69 Å². The Morgan fingerprint density at radius 1 is 1.05 bits per heavy atom. The Balaban J connectivity index is 2.06. The largest absolute Gasteiger partial charge is 0.497 e. The average Bonchev–Trinajstić information content (AvgIpc) is 2.43. The molecule has 0 fully saturated rings. The van der Waals surface area contributed by atoms with Crippen molar-refractivity contribution < 1.29 is 17.9 Å². The van der Waals surface area contributed by atoms with E-state index in [1.165, 1.54) is 0 Å². The lowest BCUT2D eigenvalue weighted by atomic mass is 10.1. The van der Waals surface area contributed by atoms with Crippen LogP contribution in [0.4, 0.5) is 18.9 Å². The fourth-order valence-electron chi connectivity index (χ4n) is 2.09. The smallest absolute Gasteiger partial charge is 0.152 e. The van der Waals surface area contributed by atoms with Gasteiger partial charge in [-0.05, 0) is 31.0 Å². The number of methoxy groups -OCH3 is 1. The van der Waals surface area contributed by atoms with Gasteiger partial charge in [0.2, 0.25) is 0 Å². The van der Waals surface area contributed by atoms with Crippen molar-refractivity contribution in [2.75, 3.05) is 12.4 Å². The van der Waals surface area contributed by atoms with Crippen molar-refractivity contribution in [1.82, 2.24) is 0 Å². The van der Waals surface area contributed by atoms with Gasteiger partial charge in [-0.2, -0.15) is 0 Å². The number of anilines is 1. The van der Waals surface area contributed by atoms with Crippen molar-refractivity contribution in [2.45, 2.75) is 19.4 Å². The SMILES string of the molecule is COc1ccc(CC(C)Nc2c(F)cc(F)cc2F)cc1. The van der Waals surface area contributed by atoms with Crippen molar-refractivity contribution in [3.8, 4) is 5.75 Å². The fourth-order valence-corrected chi connectivity index (χ4v) is 2.09. The van der Waals surface area contributed by atoms with Crippen LogP contribution in [0.2, 0.25) is 0 Å². The molecule has 2 aromatic rings. The van der Waals surface area contributed by atoms with Gasteiger partial charge >= 0.3 is 0 Å². The lowest BCUT2D eigenvalue weighted by molar-refractivity contribution is 0.414. The Bertz CT molecular complexity index is 590. The maximum atomic E-state index is 13.6. The van der Waals surface area contributed by atoms with E-state index in [2.05, 4.69) is 5.32 Å². The molecule has 2 rings (SSSR count).